The molecule has 4 nitrogen and oxygen atoms in total. The fourth-order valence-corrected chi connectivity index (χ4v) is 7.55. The molecule has 0 saturated heterocycles. The van der Waals surface area contributed by atoms with E-state index >= 15 is 0 Å². The maximum atomic E-state index is 13.5. The number of carbonyl (C=O) groups excluding carboxylic acids is 1. The average molecular weight is 503 g/mol. The molecule has 0 spiro atoms. The predicted molar refractivity (Wildman–Crippen MR) is 147 cm³/mol. The van der Waals surface area contributed by atoms with Crippen molar-refractivity contribution in [1.82, 2.24) is 4.98 Å². The average Bonchev–Trinajstić information content (AvgIpc) is 3.25. The minimum atomic E-state index is -0.673. The smallest absolute Gasteiger partial charge is 0.340 e. The molecule has 186 valence electrons. The van der Waals surface area contributed by atoms with Crippen LogP contribution in [0, 0.1) is 0 Å². The van der Waals surface area contributed by atoms with E-state index in [0.717, 1.165) is 47.7 Å². The van der Waals surface area contributed by atoms with Gasteiger partial charge in [-0.25, -0.2) is 4.79 Å². The van der Waals surface area contributed by atoms with E-state index in [0.29, 0.717) is 17.2 Å². The number of rotatable bonds is 10. The molecule has 1 unspecified atom stereocenters. The molecule has 2 aromatic rings. The van der Waals surface area contributed by atoms with Gasteiger partial charge in [-0.1, -0.05) is 71.2 Å². The summed E-state index contributed by atoms with van der Waals surface area (Å²) in [5.41, 5.74) is 4.40. The number of aliphatic imine (C=N–C) groups is 1. The summed E-state index contributed by atoms with van der Waals surface area (Å²) in [6.07, 6.45) is 4.57. The highest BCUT2D eigenvalue weighted by molar-refractivity contribution is 8.30. The summed E-state index contributed by atoms with van der Waals surface area (Å²) in [5.74, 6) is 1.01. The van der Waals surface area contributed by atoms with Crippen molar-refractivity contribution in [1.29, 1.82) is 0 Å². The Kier molecular flexibility index (Phi) is 9.61. The van der Waals surface area contributed by atoms with Gasteiger partial charge in [0.15, 0.2) is 0 Å². The lowest BCUT2D eigenvalue weighted by atomic mass is 9.91. The number of pyridine rings is 1. The van der Waals surface area contributed by atoms with E-state index in [-0.39, 0.29) is 17.8 Å². The SMILES string of the molecule is CCCCCC1=NCC[SH]1c1c(C(C)C)nc(C(C)C)c(C(=O)OCC)c1-c1cccc(Cl)c1. The minimum absolute atomic E-state index is 0.0814. The molecule has 0 aliphatic carbocycles. The van der Waals surface area contributed by atoms with Crippen molar-refractivity contribution in [2.45, 2.75) is 84.0 Å². The molecule has 6 heteroatoms. The Hall–Kier alpha value is -1.85. The summed E-state index contributed by atoms with van der Waals surface area (Å²) >= 11 is 6.47. The molecule has 1 aliphatic rings. The number of hydrogen-bond acceptors (Lipinski definition) is 4. The van der Waals surface area contributed by atoms with Crippen LogP contribution in [-0.2, 0) is 4.74 Å². The third-order valence-electron chi connectivity index (χ3n) is 6.12. The highest BCUT2D eigenvalue weighted by Gasteiger charge is 2.33. The van der Waals surface area contributed by atoms with Gasteiger partial charge in [-0.15, -0.1) is 0 Å². The van der Waals surface area contributed by atoms with Crippen LogP contribution in [0.1, 0.15) is 101 Å². The Balaban J connectivity index is 2.37. The predicted octanol–water partition coefficient (Wildman–Crippen LogP) is 8.18. The number of benzene rings is 1. The zero-order chi connectivity index (χ0) is 24.8. The number of halogens is 1. The number of hydrogen-bond donors (Lipinski definition) is 1. The number of aromatic nitrogens is 1. The molecule has 0 radical (unpaired) electrons. The molecule has 3 rings (SSSR count). The topological polar surface area (TPSA) is 51.5 Å². The molecule has 1 aliphatic heterocycles. The maximum Gasteiger partial charge on any atom is 0.340 e. The van der Waals surface area contributed by atoms with Crippen molar-refractivity contribution < 1.29 is 9.53 Å². The van der Waals surface area contributed by atoms with Crippen molar-refractivity contribution in [3.8, 4) is 11.1 Å². The molecule has 2 heterocycles. The van der Waals surface area contributed by atoms with Crippen LogP contribution >= 0.6 is 22.5 Å². The van der Waals surface area contributed by atoms with Crippen molar-refractivity contribution in [3.63, 3.8) is 0 Å². The molecule has 0 N–H and O–H groups in total. The van der Waals surface area contributed by atoms with Gasteiger partial charge in [-0.05, 0) is 49.3 Å². The first-order valence-electron chi connectivity index (χ1n) is 12.6. The number of nitrogens with zero attached hydrogens (tertiary/aromatic N) is 2. The molecule has 34 heavy (non-hydrogen) atoms. The number of esters is 1. The lowest BCUT2D eigenvalue weighted by Crippen LogP contribution is -2.18. The van der Waals surface area contributed by atoms with Crippen LogP contribution in [0.5, 0.6) is 0 Å². The van der Waals surface area contributed by atoms with Gasteiger partial charge in [0.1, 0.15) is 0 Å². The number of unbranched alkanes of at least 4 members (excludes halogenated alkanes) is 2. The monoisotopic (exact) mass is 502 g/mol. The zero-order valence-corrected chi connectivity index (χ0v) is 23.1. The van der Waals surface area contributed by atoms with Crippen molar-refractivity contribution >= 4 is 33.5 Å². The van der Waals surface area contributed by atoms with E-state index in [1.54, 1.807) is 0 Å². The molecule has 1 aromatic heterocycles. The Bertz CT molecular complexity index is 1050. The second-order valence-corrected chi connectivity index (χ2v) is 12.1. The van der Waals surface area contributed by atoms with Crippen molar-refractivity contribution in [3.05, 3.63) is 46.2 Å². The summed E-state index contributed by atoms with van der Waals surface area (Å²) < 4.78 is 5.60. The minimum Gasteiger partial charge on any atom is -0.462 e. The van der Waals surface area contributed by atoms with Crippen LogP contribution in [0.3, 0.4) is 0 Å². The van der Waals surface area contributed by atoms with Crippen LogP contribution < -0.4 is 0 Å². The lowest BCUT2D eigenvalue weighted by molar-refractivity contribution is 0.0524. The van der Waals surface area contributed by atoms with Gasteiger partial charge in [-0.3, -0.25) is 9.98 Å². The van der Waals surface area contributed by atoms with Crippen LogP contribution in [-0.4, -0.2) is 34.9 Å². The van der Waals surface area contributed by atoms with Gasteiger partial charge in [0, 0.05) is 27.8 Å². The first-order valence-corrected chi connectivity index (χ1v) is 14.5. The Morgan fingerprint density at radius 2 is 1.85 bits per heavy atom. The molecule has 0 amide bonds. The standard InChI is InChI=1S/C28H39ClN2O2S/c1-7-9-10-14-22-30-15-16-34(22)27-23(20-12-11-13-21(29)17-20)24(28(32)33-8-2)25(18(3)4)31-26(27)19(5)6/h11-13,17-19,34H,7-10,14-16H2,1-6H3. The van der Waals surface area contributed by atoms with Gasteiger partial charge >= 0.3 is 5.97 Å². The van der Waals surface area contributed by atoms with Crippen LogP contribution in [0.15, 0.2) is 34.2 Å². The molecular weight excluding hydrogens is 464 g/mol. The summed E-state index contributed by atoms with van der Waals surface area (Å²) in [6, 6.07) is 7.86. The normalized spacial score (nSPS) is 16.9. The van der Waals surface area contributed by atoms with Crippen LogP contribution in [0.25, 0.3) is 11.1 Å². The van der Waals surface area contributed by atoms with E-state index < -0.39 is 10.9 Å². The Labute approximate surface area is 212 Å². The second-order valence-electron chi connectivity index (χ2n) is 9.43. The number of thiol groups is 1. The highest BCUT2D eigenvalue weighted by Crippen LogP contribution is 2.52. The lowest BCUT2D eigenvalue weighted by Gasteiger charge is -2.29. The largest absolute Gasteiger partial charge is 0.462 e. The van der Waals surface area contributed by atoms with Crippen molar-refractivity contribution in [2.75, 3.05) is 18.9 Å². The third kappa shape index (κ3) is 5.85. The molecular formula is C28H39ClN2O2S. The van der Waals surface area contributed by atoms with E-state index in [4.69, 9.17) is 26.3 Å². The van der Waals surface area contributed by atoms with E-state index in [2.05, 4.69) is 40.7 Å². The third-order valence-corrected chi connectivity index (χ3v) is 8.98. The summed E-state index contributed by atoms with van der Waals surface area (Å²) in [5, 5.41) is 1.96. The van der Waals surface area contributed by atoms with E-state index in [9.17, 15) is 4.79 Å². The van der Waals surface area contributed by atoms with E-state index in [1.807, 2.05) is 25.1 Å². The summed E-state index contributed by atoms with van der Waals surface area (Å²) in [7, 11) is -0.673. The Morgan fingerprint density at radius 3 is 2.47 bits per heavy atom. The molecule has 0 saturated carbocycles. The highest BCUT2D eigenvalue weighted by atomic mass is 35.5. The maximum absolute atomic E-state index is 13.5. The Morgan fingerprint density at radius 1 is 1.12 bits per heavy atom. The van der Waals surface area contributed by atoms with Gasteiger partial charge in [0.2, 0.25) is 0 Å². The van der Waals surface area contributed by atoms with Gasteiger partial charge in [0.25, 0.3) is 0 Å². The van der Waals surface area contributed by atoms with Gasteiger partial charge in [0.05, 0.1) is 28.6 Å². The zero-order valence-electron chi connectivity index (χ0n) is 21.4. The summed E-state index contributed by atoms with van der Waals surface area (Å²) in [4.78, 5) is 24.8. The van der Waals surface area contributed by atoms with Crippen LogP contribution in [0.4, 0.5) is 0 Å². The van der Waals surface area contributed by atoms with Crippen LogP contribution in [0.2, 0.25) is 5.02 Å². The molecule has 0 fully saturated rings. The molecule has 1 atom stereocenters. The first kappa shape index (κ1) is 26.7. The number of ether oxygens (including phenoxy) is 1. The first-order chi connectivity index (χ1) is 16.3. The molecule has 1 aromatic carbocycles. The van der Waals surface area contributed by atoms with Gasteiger partial charge < -0.3 is 4.74 Å². The fourth-order valence-electron chi connectivity index (χ4n) is 4.52. The fraction of sp³-hybridized carbons (Fsp3) is 0.536. The number of carbonyl (C=O) groups is 1. The molecule has 0 bridgehead atoms. The summed E-state index contributed by atoms with van der Waals surface area (Å²) in [6.45, 7) is 13.8. The van der Waals surface area contributed by atoms with E-state index in [1.165, 1.54) is 22.8 Å². The second kappa shape index (κ2) is 12.2. The van der Waals surface area contributed by atoms with Crippen molar-refractivity contribution in [2.24, 2.45) is 4.99 Å². The van der Waals surface area contributed by atoms with Gasteiger partial charge in [-0.2, -0.15) is 10.9 Å². The quantitative estimate of drug-likeness (QED) is 0.202.